The summed E-state index contributed by atoms with van der Waals surface area (Å²) in [5.74, 6) is -4.77. The maximum atomic E-state index is 13.9. The predicted octanol–water partition coefficient (Wildman–Crippen LogP) is 5.95. The number of alkyl halides is 4. The Labute approximate surface area is 232 Å². The molecule has 1 aliphatic heterocycles. The molecule has 3 unspecified atom stereocenters. The number of ether oxygens (including phenoxy) is 1. The minimum atomic E-state index is -3.05. The van der Waals surface area contributed by atoms with Gasteiger partial charge < -0.3 is 15.4 Å². The molecule has 1 fully saturated rings. The number of anilines is 2. The molecule has 8 nitrogen and oxygen atoms in total. The smallest absolute Gasteiger partial charge is 0.330 e. The maximum Gasteiger partial charge on any atom is 0.330 e. The third-order valence-electron chi connectivity index (χ3n) is 5.75. The third-order valence-corrected chi connectivity index (χ3v) is 7.45. The highest BCUT2D eigenvalue weighted by atomic mass is 32.2. The van der Waals surface area contributed by atoms with Crippen LogP contribution in [0, 0.1) is 12.8 Å². The van der Waals surface area contributed by atoms with Crippen LogP contribution in [-0.4, -0.2) is 50.0 Å². The quantitative estimate of drug-likeness (QED) is 0.207. The first-order chi connectivity index (χ1) is 18.4. The number of nitrogens with zero attached hydrogens (tertiary/aromatic N) is 3. The van der Waals surface area contributed by atoms with Crippen LogP contribution in [0.2, 0.25) is 0 Å². The number of aromatic nitrogens is 3. The molecule has 3 rings (SSSR count). The molecule has 3 heterocycles. The van der Waals surface area contributed by atoms with E-state index < -0.39 is 28.7 Å². The first-order valence-corrected chi connectivity index (χ1v) is 14.3. The number of hydrogen-bond donors (Lipinski definition) is 3. The first-order valence-electron chi connectivity index (χ1n) is 12.2. The van der Waals surface area contributed by atoms with Gasteiger partial charge in [-0.3, -0.25) is 4.72 Å². The van der Waals surface area contributed by atoms with Crippen LogP contribution in [0.3, 0.4) is 0 Å². The summed E-state index contributed by atoms with van der Waals surface area (Å²) in [5.41, 5.74) is 1.09. The summed E-state index contributed by atoms with van der Waals surface area (Å²) in [6.07, 6.45) is 3.30. The molecule has 0 aliphatic carbocycles. The molecule has 3 N–H and O–H groups in total. The Kier molecular flexibility index (Phi) is 10.7. The fourth-order valence-corrected chi connectivity index (χ4v) is 5.02. The van der Waals surface area contributed by atoms with Crippen molar-refractivity contribution < 1.29 is 26.5 Å². The second kappa shape index (κ2) is 13.6. The summed E-state index contributed by atoms with van der Waals surface area (Å²) in [4.78, 5) is 14.3. The fraction of sp³-hybridized carbons (Fsp3) is 0.480. The van der Waals surface area contributed by atoms with E-state index in [-0.39, 0.29) is 30.6 Å². The molecule has 1 aliphatic rings. The molecule has 3 atom stereocenters. The van der Waals surface area contributed by atoms with Crippen LogP contribution in [0.1, 0.15) is 44.9 Å². The second-order valence-electron chi connectivity index (χ2n) is 9.20. The van der Waals surface area contributed by atoms with E-state index in [1.807, 2.05) is 20.8 Å². The highest BCUT2D eigenvalue weighted by Crippen LogP contribution is 2.39. The van der Waals surface area contributed by atoms with Crippen LogP contribution >= 0.6 is 11.8 Å². The Morgan fingerprint density at radius 2 is 2.13 bits per heavy atom. The second-order valence-corrected chi connectivity index (χ2v) is 11.7. The van der Waals surface area contributed by atoms with Crippen molar-refractivity contribution >= 4 is 39.4 Å². The largest absolute Gasteiger partial charge is 0.458 e. The van der Waals surface area contributed by atoms with E-state index in [0.717, 1.165) is 4.91 Å². The van der Waals surface area contributed by atoms with Gasteiger partial charge in [0.05, 0.1) is 23.3 Å². The number of pyridine rings is 1. The molecule has 214 valence electrons. The molecule has 0 saturated carbocycles. The van der Waals surface area contributed by atoms with Crippen molar-refractivity contribution in [2.75, 3.05) is 23.1 Å². The van der Waals surface area contributed by atoms with Crippen molar-refractivity contribution in [1.82, 2.24) is 20.3 Å². The van der Waals surface area contributed by atoms with Crippen LogP contribution in [0.4, 0.5) is 29.3 Å². The van der Waals surface area contributed by atoms with Gasteiger partial charge in [0.1, 0.15) is 17.3 Å². The van der Waals surface area contributed by atoms with Crippen LogP contribution in [0.15, 0.2) is 41.8 Å². The summed E-state index contributed by atoms with van der Waals surface area (Å²) >= 11 is 1.35. The molecule has 2 aromatic heterocycles. The SMILES string of the molecule is C=C(C)S/C(=C(/Oc1cnc(NS(=O)C(F)F)cc1C)C(C)CC)c1ccnc(NC2CNCC(F)(F)C2)n1. The monoisotopic (exact) mass is 588 g/mol. The van der Waals surface area contributed by atoms with Gasteiger partial charge in [-0.25, -0.2) is 27.9 Å². The average molecular weight is 589 g/mol. The summed E-state index contributed by atoms with van der Waals surface area (Å²) in [6.45, 7) is 11.5. The Bertz CT molecular complexity index is 1230. The van der Waals surface area contributed by atoms with Crippen molar-refractivity contribution in [1.29, 1.82) is 0 Å². The van der Waals surface area contributed by atoms with E-state index in [2.05, 4.69) is 36.9 Å². The van der Waals surface area contributed by atoms with Gasteiger partial charge >= 0.3 is 5.76 Å². The number of thioether (sulfide) groups is 1. The Balaban J connectivity index is 1.97. The number of nitrogens with one attached hydrogen (secondary N) is 3. The van der Waals surface area contributed by atoms with Crippen LogP contribution in [0.25, 0.3) is 4.91 Å². The first kappa shape index (κ1) is 30.8. The van der Waals surface area contributed by atoms with Gasteiger partial charge in [0.2, 0.25) is 5.95 Å². The summed E-state index contributed by atoms with van der Waals surface area (Å²) < 4.78 is 73.0. The molecule has 0 amide bonds. The summed E-state index contributed by atoms with van der Waals surface area (Å²) in [6, 6.07) is 2.62. The molecular formula is C25H32F4N6O2S2. The van der Waals surface area contributed by atoms with E-state index in [0.29, 0.717) is 40.6 Å². The van der Waals surface area contributed by atoms with Gasteiger partial charge in [-0.15, -0.1) is 0 Å². The van der Waals surface area contributed by atoms with Gasteiger partial charge in [-0.05, 0) is 42.9 Å². The standard InChI is InChI=1S/C25H32F4N6O2S2/c1-6-15(4)21(37-19-12-32-20(9-16(19)5)35-39(36)23(26)27)22(38-14(2)3)18-7-8-31-24(34-18)33-17-10-25(28,29)13-30-11-17/h7-9,12,15,17,23,30H,2,6,10-11,13H2,1,3-5H3,(H,32,35)(H,31,33,34)/b22-21+. The van der Waals surface area contributed by atoms with E-state index in [1.54, 1.807) is 19.2 Å². The van der Waals surface area contributed by atoms with Crippen molar-refractivity contribution in [3.63, 3.8) is 0 Å². The van der Waals surface area contributed by atoms with Gasteiger partial charge in [-0.2, -0.15) is 8.78 Å². The van der Waals surface area contributed by atoms with Crippen molar-refractivity contribution in [2.45, 2.75) is 58.3 Å². The van der Waals surface area contributed by atoms with Crippen LogP contribution in [-0.2, 0) is 11.0 Å². The Morgan fingerprint density at radius 3 is 2.74 bits per heavy atom. The highest BCUT2D eigenvalue weighted by Gasteiger charge is 2.36. The normalized spacial score (nSPS) is 19.2. The third kappa shape index (κ3) is 8.90. The Hall–Kier alpha value is -2.71. The topological polar surface area (TPSA) is 101 Å². The van der Waals surface area contributed by atoms with Crippen molar-refractivity contribution in [3.05, 3.63) is 53.0 Å². The molecule has 0 aromatic carbocycles. The lowest BCUT2D eigenvalue weighted by Gasteiger charge is -2.30. The molecule has 0 bridgehead atoms. The van der Waals surface area contributed by atoms with E-state index in [4.69, 9.17) is 4.74 Å². The number of halogens is 4. The minimum Gasteiger partial charge on any atom is -0.458 e. The molecule has 0 spiro atoms. The van der Waals surface area contributed by atoms with Gasteiger partial charge in [0.25, 0.3) is 5.92 Å². The maximum absolute atomic E-state index is 13.9. The zero-order valence-corrected chi connectivity index (χ0v) is 23.7. The van der Waals surface area contributed by atoms with Crippen molar-refractivity contribution in [3.8, 4) is 5.75 Å². The zero-order valence-electron chi connectivity index (χ0n) is 22.1. The molecule has 2 aromatic rings. The number of piperidine rings is 1. The van der Waals surface area contributed by atoms with Gasteiger partial charge in [0.15, 0.2) is 11.0 Å². The number of hydrogen-bond acceptors (Lipinski definition) is 8. The van der Waals surface area contributed by atoms with Gasteiger partial charge in [0, 0.05) is 31.1 Å². The minimum absolute atomic E-state index is 0.0263. The number of rotatable bonds is 12. The summed E-state index contributed by atoms with van der Waals surface area (Å²) in [7, 11) is -2.58. The van der Waals surface area contributed by atoms with Crippen LogP contribution in [0.5, 0.6) is 5.75 Å². The molecule has 0 radical (unpaired) electrons. The summed E-state index contributed by atoms with van der Waals surface area (Å²) in [5, 5.41) is 5.72. The number of allylic oxidation sites excluding steroid dienone is 2. The van der Waals surface area contributed by atoms with E-state index in [1.165, 1.54) is 24.0 Å². The molecule has 39 heavy (non-hydrogen) atoms. The zero-order chi connectivity index (χ0) is 28.7. The van der Waals surface area contributed by atoms with Gasteiger partial charge in [-0.1, -0.05) is 32.2 Å². The lowest BCUT2D eigenvalue weighted by Crippen LogP contribution is -2.49. The molecule has 1 saturated heterocycles. The lowest BCUT2D eigenvalue weighted by molar-refractivity contribution is -0.0244. The number of aryl methyl sites for hydroxylation is 1. The highest BCUT2D eigenvalue weighted by molar-refractivity contribution is 8.11. The van der Waals surface area contributed by atoms with E-state index in [9.17, 15) is 21.8 Å². The predicted molar refractivity (Wildman–Crippen MR) is 148 cm³/mol. The molecule has 14 heteroatoms. The van der Waals surface area contributed by atoms with E-state index >= 15 is 0 Å². The Morgan fingerprint density at radius 1 is 1.38 bits per heavy atom. The van der Waals surface area contributed by atoms with Crippen molar-refractivity contribution in [2.24, 2.45) is 5.92 Å². The lowest BCUT2D eigenvalue weighted by atomic mass is 10.0. The average Bonchev–Trinajstić information content (AvgIpc) is 2.86. The van der Waals surface area contributed by atoms with Crippen LogP contribution < -0.4 is 20.1 Å². The molecular weight excluding hydrogens is 556 g/mol. The fourth-order valence-electron chi connectivity index (χ4n) is 3.70.